The maximum atomic E-state index is 13.0. The Morgan fingerprint density at radius 2 is 2.35 bits per heavy atom. The third-order valence-corrected chi connectivity index (χ3v) is 3.35. The smallest absolute Gasteiger partial charge is 0.141 e. The molecule has 1 saturated heterocycles. The van der Waals surface area contributed by atoms with Gasteiger partial charge in [0, 0.05) is 19.3 Å². The summed E-state index contributed by atoms with van der Waals surface area (Å²) in [4.78, 5) is 6.26. The maximum Gasteiger partial charge on any atom is 0.141 e. The zero-order chi connectivity index (χ0) is 12.1. The Morgan fingerprint density at radius 1 is 1.47 bits per heavy atom. The highest BCUT2D eigenvalue weighted by Gasteiger charge is 2.19. The van der Waals surface area contributed by atoms with Crippen molar-refractivity contribution in [2.75, 3.05) is 19.6 Å². The van der Waals surface area contributed by atoms with Crippen LogP contribution in [0.4, 0.5) is 4.39 Å². The molecular formula is C13H20FN3. The molecule has 94 valence electrons. The van der Waals surface area contributed by atoms with Crippen LogP contribution in [0.25, 0.3) is 0 Å². The minimum absolute atomic E-state index is 0.252. The molecule has 4 heteroatoms. The molecule has 2 N–H and O–H groups in total. The summed E-state index contributed by atoms with van der Waals surface area (Å²) >= 11 is 0. The van der Waals surface area contributed by atoms with E-state index in [9.17, 15) is 4.39 Å². The minimum Gasteiger partial charge on any atom is -0.330 e. The Kier molecular flexibility index (Phi) is 4.45. The molecular weight excluding hydrogens is 217 g/mol. The molecule has 1 aliphatic rings. The highest BCUT2D eigenvalue weighted by Crippen LogP contribution is 2.20. The number of piperidine rings is 1. The second-order valence-corrected chi connectivity index (χ2v) is 4.83. The topological polar surface area (TPSA) is 42.1 Å². The number of hydrogen-bond donors (Lipinski definition) is 1. The van der Waals surface area contributed by atoms with Gasteiger partial charge in [-0.25, -0.2) is 4.39 Å². The molecule has 0 aromatic carbocycles. The van der Waals surface area contributed by atoms with E-state index in [1.807, 2.05) is 0 Å². The Bertz CT molecular complexity index is 354. The van der Waals surface area contributed by atoms with E-state index in [-0.39, 0.29) is 5.82 Å². The van der Waals surface area contributed by atoms with Gasteiger partial charge >= 0.3 is 0 Å². The van der Waals surface area contributed by atoms with E-state index in [0.29, 0.717) is 5.92 Å². The molecule has 1 atom stereocenters. The van der Waals surface area contributed by atoms with Crippen molar-refractivity contribution in [3.63, 3.8) is 0 Å². The van der Waals surface area contributed by atoms with Gasteiger partial charge in [0.25, 0.3) is 0 Å². The standard InChI is InChI=1S/C13H20FN3/c14-13-6-12(7-16-8-13)10-17-5-1-2-11(9-17)3-4-15/h6-8,11H,1-5,9-10,15H2. The summed E-state index contributed by atoms with van der Waals surface area (Å²) in [7, 11) is 0. The van der Waals surface area contributed by atoms with Gasteiger partial charge < -0.3 is 5.73 Å². The summed E-state index contributed by atoms with van der Waals surface area (Å²) in [5, 5.41) is 0. The van der Waals surface area contributed by atoms with Gasteiger partial charge in [-0.15, -0.1) is 0 Å². The van der Waals surface area contributed by atoms with Crippen LogP contribution >= 0.6 is 0 Å². The fourth-order valence-electron chi connectivity index (χ4n) is 2.57. The van der Waals surface area contributed by atoms with Crippen LogP contribution in [0.15, 0.2) is 18.5 Å². The summed E-state index contributed by atoms with van der Waals surface area (Å²) < 4.78 is 13.0. The monoisotopic (exact) mass is 237 g/mol. The summed E-state index contributed by atoms with van der Waals surface area (Å²) in [6.07, 6.45) is 6.58. The molecule has 0 aliphatic carbocycles. The SMILES string of the molecule is NCCC1CCCN(Cc2cncc(F)c2)C1. The van der Waals surface area contributed by atoms with Gasteiger partial charge in [0.05, 0.1) is 6.20 Å². The first-order valence-corrected chi connectivity index (χ1v) is 6.30. The number of aromatic nitrogens is 1. The molecule has 1 aromatic rings. The van der Waals surface area contributed by atoms with Crippen LogP contribution in [-0.2, 0) is 6.54 Å². The first-order valence-electron chi connectivity index (χ1n) is 6.30. The molecule has 0 saturated carbocycles. The van der Waals surface area contributed by atoms with Crippen molar-refractivity contribution in [1.29, 1.82) is 0 Å². The van der Waals surface area contributed by atoms with Gasteiger partial charge in [-0.3, -0.25) is 9.88 Å². The van der Waals surface area contributed by atoms with E-state index >= 15 is 0 Å². The first-order chi connectivity index (χ1) is 8.28. The van der Waals surface area contributed by atoms with Crippen molar-refractivity contribution in [1.82, 2.24) is 9.88 Å². The number of nitrogens with two attached hydrogens (primary N) is 1. The van der Waals surface area contributed by atoms with Crippen LogP contribution in [0.5, 0.6) is 0 Å². The number of pyridine rings is 1. The average molecular weight is 237 g/mol. The van der Waals surface area contributed by atoms with Crippen molar-refractivity contribution in [2.24, 2.45) is 11.7 Å². The van der Waals surface area contributed by atoms with Gasteiger partial charge in [-0.1, -0.05) is 0 Å². The lowest BCUT2D eigenvalue weighted by Gasteiger charge is -2.32. The van der Waals surface area contributed by atoms with E-state index in [4.69, 9.17) is 5.73 Å². The predicted octanol–water partition coefficient (Wildman–Crippen LogP) is 1.78. The van der Waals surface area contributed by atoms with Crippen LogP contribution in [0.3, 0.4) is 0 Å². The maximum absolute atomic E-state index is 13.0. The number of likely N-dealkylation sites (tertiary alicyclic amines) is 1. The van der Waals surface area contributed by atoms with Crippen LogP contribution in [0.2, 0.25) is 0 Å². The highest BCUT2D eigenvalue weighted by molar-refractivity contribution is 5.10. The quantitative estimate of drug-likeness (QED) is 0.868. The Balaban J connectivity index is 1.90. The lowest BCUT2D eigenvalue weighted by molar-refractivity contribution is 0.163. The summed E-state index contributed by atoms with van der Waals surface area (Å²) in [5.41, 5.74) is 6.56. The van der Waals surface area contributed by atoms with Gasteiger partial charge in [-0.2, -0.15) is 0 Å². The summed E-state index contributed by atoms with van der Waals surface area (Å²) in [6.45, 7) is 3.73. The average Bonchev–Trinajstić information content (AvgIpc) is 2.30. The van der Waals surface area contributed by atoms with E-state index in [2.05, 4.69) is 9.88 Å². The molecule has 17 heavy (non-hydrogen) atoms. The third kappa shape index (κ3) is 3.75. The van der Waals surface area contributed by atoms with E-state index in [1.54, 1.807) is 12.3 Å². The zero-order valence-corrected chi connectivity index (χ0v) is 10.1. The van der Waals surface area contributed by atoms with Crippen LogP contribution < -0.4 is 5.73 Å². The van der Waals surface area contributed by atoms with Gasteiger partial charge in [0.2, 0.25) is 0 Å². The predicted molar refractivity (Wildman–Crippen MR) is 65.9 cm³/mol. The molecule has 1 aromatic heterocycles. The van der Waals surface area contributed by atoms with Crippen LogP contribution in [0, 0.1) is 11.7 Å². The van der Waals surface area contributed by atoms with E-state index < -0.39 is 0 Å². The fraction of sp³-hybridized carbons (Fsp3) is 0.615. The van der Waals surface area contributed by atoms with E-state index in [0.717, 1.165) is 38.2 Å². The largest absolute Gasteiger partial charge is 0.330 e. The van der Waals surface area contributed by atoms with Gasteiger partial charge in [-0.05, 0) is 49.9 Å². The lowest BCUT2D eigenvalue weighted by Crippen LogP contribution is -2.35. The Labute approximate surface area is 102 Å². The molecule has 0 spiro atoms. The number of halogens is 1. The molecule has 1 unspecified atom stereocenters. The van der Waals surface area contributed by atoms with Gasteiger partial charge in [0.1, 0.15) is 5.82 Å². The molecule has 0 radical (unpaired) electrons. The number of rotatable bonds is 4. The van der Waals surface area contributed by atoms with Crippen molar-refractivity contribution < 1.29 is 4.39 Å². The number of nitrogens with zero attached hydrogens (tertiary/aromatic N) is 2. The van der Waals surface area contributed by atoms with Crippen molar-refractivity contribution in [3.05, 3.63) is 29.8 Å². The van der Waals surface area contributed by atoms with Gasteiger partial charge in [0.15, 0.2) is 0 Å². The lowest BCUT2D eigenvalue weighted by atomic mass is 9.94. The van der Waals surface area contributed by atoms with Crippen molar-refractivity contribution >= 4 is 0 Å². The third-order valence-electron chi connectivity index (χ3n) is 3.35. The van der Waals surface area contributed by atoms with Crippen LogP contribution in [0.1, 0.15) is 24.8 Å². The Morgan fingerprint density at radius 3 is 3.12 bits per heavy atom. The normalized spacial score (nSPS) is 21.6. The van der Waals surface area contributed by atoms with Crippen molar-refractivity contribution in [2.45, 2.75) is 25.8 Å². The second-order valence-electron chi connectivity index (χ2n) is 4.83. The molecule has 0 bridgehead atoms. The molecule has 1 aliphatic heterocycles. The van der Waals surface area contributed by atoms with E-state index in [1.165, 1.54) is 19.0 Å². The fourth-order valence-corrected chi connectivity index (χ4v) is 2.57. The molecule has 1 fully saturated rings. The summed E-state index contributed by atoms with van der Waals surface area (Å²) in [5.74, 6) is 0.452. The van der Waals surface area contributed by atoms with Crippen molar-refractivity contribution in [3.8, 4) is 0 Å². The molecule has 2 rings (SSSR count). The Hall–Kier alpha value is -1.00. The molecule has 2 heterocycles. The highest BCUT2D eigenvalue weighted by atomic mass is 19.1. The second kappa shape index (κ2) is 6.07. The van der Waals surface area contributed by atoms with Crippen LogP contribution in [-0.4, -0.2) is 29.5 Å². The molecule has 0 amide bonds. The number of hydrogen-bond acceptors (Lipinski definition) is 3. The zero-order valence-electron chi connectivity index (χ0n) is 10.1. The molecule has 3 nitrogen and oxygen atoms in total. The summed E-state index contributed by atoms with van der Waals surface area (Å²) in [6, 6.07) is 1.57. The minimum atomic E-state index is -0.252. The first kappa shape index (κ1) is 12.5.